The van der Waals surface area contributed by atoms with Gasteiger partial charge in [-0.25, -0.2) is 0 Å². The molecular weight excluding hydrogens is 259 g/mol. The van der Waals surface area contributed by atoms with Gasteiger partial charge in [-0.2, -0.15) is 5.26 Å². The van der Waals surface area contributed by atoms with Crippen LogP contribution < -0.4 is 4.74 Å². The molecule has 3 nitrogen and oxygen atoms in total. The van der Waals surface area contributed by atoms with Crippen LogP contribution in [0.2, 0.25) is 0 Å². The van der Waals surface area contributed by atoms with Crippen LogP contribution >= 0.6 is 0 Å². The van der Waals surface area contributed by atoms with Gasteiger partial charge in [-0.05, 0) is 43.5 Å². The van der Waals surface area contributed by atoms with Crippen LogP contribution in [-0.2, 0) is 4.74 Å². The van der Waals surface area contributed by atoms with Crippen LogP contribution in [0, 0.1) is 11.3 Å². The molecule has 0 fully saturated rings. The van der Waals surface area contributed by atoms with E-state index >= 15 is 0 Å². The number of ether oxygens (including phenoxy) is 2. The maximum Gasteiger partial charge on any atom is 0.522 e. The molecule has 0 N–H and O–H groups in total. The van der Waals surface area contributed by atoms with Crippen LogP contribution in [0.15, 0.2) is 24.3 Å². The second kappa shape index (κ2) is 7.64. The predicted octanol–water partition coefficient (Wildman–Crippen LogP) is 3.64. The summed E-state index contributed by atoms with van der Waals surface area (Å²) in [5.74, 6) is 0.644. The average Bonchev–Trinajstić information content (AvgIpc) is 2.37. The van der Waals surface area contributed by atoms with Gasteiger partial charge in [0.15, 0.2) is 0 Å². The highest BCUT2D eigenvalue weighted by atomic mass is 19.4. The molecular formula is C13H14F3NO2. The molecule has 0 saturated heterocycles. The number of nitriles is 1. The van der Waals surface area contributed by atoms with E-state index in [9.17, 15) is 13.2 Å². The van der Waals surface area contributed by atoms with Crippen LogP contribution in [0.1, 0.15) is 24.8 Å². The van der Waals surface area contributed by atoms with Gasteiger partial charge >= 0.3 is 6.36 Å². The summed E-state index contributed by atoms with van der Waals surface area (Å²) in [5, 5.41) is 8.60. The smallest absolute Gasteiger partial charge is 0.494 e. The summed E-state index contributed by atoms with van der Waals surface area (Å²) in [6, 6.07) is 8.66. The minimum atomic E-state index is -4.54. The summed E-state index contributed by atoms with van der Waals surface area (Å²) >= 11 is 0. The van der Waals surface area contributed by atoms with Gasteiger partial charge in [-0.3, -0.25) is 4.74 Å². The quantitative estimate of drug-likeness (QED) is 0.712. The number of unbranched alkanes of at least 4 members (excludes halogenated alkanes) is 2. The second-order valence-electron chi connectivity index (χ2n) is 3.84. The lowest BCUT2D eigenvalue weighted by Gasteiger charge is -2.08. The van der Waals surface area contributed by atoms with Crippen LogP contribution in [0.25, 0.3) is 0 Å². The molecule has 0 atom stereocenters. The van der Waals surface area contributed by atoms with E-state index in [1.54, 1.807) is 24.3 Å². The van der Waals surface area contributed by atoms with Gasteiger partial charge in [-0.1, -0.05) is 0 Å². The van der Waals surface area contributed by atoms with E-state index in [0.29, 0.717) is 37.2 Å². The summed E-state index contributed by atoms with van der Waals surface area (Å²) < 4.78 is 44.0. The Morgan fingerprint density at radius 1 is 1.00 bits per heavy atom. The third-order valence-corrected chi connectivity index (χ3v) is 2.31. The number of rotatable bonds is 7. The topological polar surface area (TPSA) is 42.2 Å². The van der Waals surface area contributed by atoms with Crippen molar-refractivity contribution >= 4 is 0 Å². The van der Waals surface area contributed by atoms with E-state index in [-0.39, 0.29) is 6.61 Å². The van der Waals surface area contributed by atoms with Gasteiger partial charge in [0.25, 0.3) is 0 Å². The first-order valence-electron chi connectivity index (χ1n) is 5.85. The Morgan fingerprint density at radius 2 is 1.63 bits per heavy atom. The molecule has 1 rings (SSSR count). The standard InChI is InChI=1S/C13H14F3NO2/c14-13(15,16)19-9-3-1-2-8-18-12-6-4-11(10-17)5-7-12/h4-7H,1-3,8-9H2. The predicted molar refractivity (Wildman–Crippen MR) is 62.5 cm³/mol. The summed E-state index contributed by atoms with van der Waals surface area (Å²) in [5.41, 5.74) is 0.552. The van der Waals surface area contributed by atoms with Gasteiger partial charge in [0.2, 0.25) is 0 Å². The van der Waals surface area contributed by atoms with Crippen molar-refractivity contribution in [1.29, 1.82) is 5.26 Å². The number of alkyl halides is 3. The normalized spacial score (nSPS) is 11.1. The number of hydrogen-bond acceptors (Lipinski definition) is 3. The fourth-order valence-electron chi connectivity index (χ4n) is 1.38. The van der Waals surface area contributed by atoms with Gasteiger partial charge < -0.3 is 4.74 Å². The zero-order valence-corrected chi connectivity index (χ0v) is 10.2. The Bertz CT molecular complexity index is 409. The summed E-state index contributed by atoms with van der Waals surface area (Å²) in [7, 11) is 0. The Morgan fingerprint density at radius 3 is 2.21 bits per heavy atom. The molecule has 1 aromatic rings. The van der Waals surface area contributed by atoms with Crippen molar-refractivity contribution in [3.05, 3.63) is 29.8 Å². The van der Waals surface area contributed by atoms with E-state index in [2.05, 4.69) is 4.74 Å². The monoisotopic (exact) mass is 273 g/mol. The van der Waals surface area contributed by atoms with E-state index in [1.807, 2.05) is 6.07 Å². The maximum atomic E-state index is 11.6. The Kier molecular flexibility index (Phi) is 6.16. The molecule has 0 heterocycles. The van der Waals surface area contributed by atoms with Crippen molar-refractivity contribution < 1.29 is 22.6 Å². The molecule has 0 aliphatic heterocycles. The molecule has 0 spiro atoms. The van der Waals surface area contributed by atoms with E-state index in [4.69, 9.17) is 10.00 Å². The summed E-state index contributed by atoms with van der Waals surface area (Å²) in [6.07, 6.45) is -2.94. The molecule has 0 radical (unpaired) electrons. The van der Waals surface area contributed by atoms with Crippen molar-refractivity contribution in [3.8, 4) is 11.8 Å². The van der Waals surface area contributed by atoms with Gasteiger partial charge in [0.05, 0.1) is 24.8 Å². The molecule has 0 aliphatic carbocycles. The molecule has 19 heavy (non-hydrogen) atoms. The van der Waals surface area contributed by atoms with Crippen molar-refractivity contribution in [1.82, 2.24) is 0 Å². The SMILES string of the molecule is N#Cc1ccc(OCCCCCOC(F)(F)F)cc1. The molecule has 0 aromatic heterocycles. The molecule has 0 unspecified atom stereocenters. The fraction of sp³-hybridized carbons (Fsp3) is 0.462. The lowest BCUT2D eigenvalue weighted by Crippen LogP contribution is -2.14. The van der Waals surface area contributed by atoms with E-state index in [1.165, 1.54) is 0 Å². The lowest BCUT2D eigenvalue weighted by molar-refractivity contribution is -0.324. The molecule has 0 saturated carbocycles. The number of halogens is 3. The van der Waals surface area contributed by atoms with Crippen LogP contribution in [0.4, 0.5) is 13.2 Å². The van der Waals surface area contributed by atoms with Crippen LogP contribution in [-0.4, -0.2) is 19.6 Å². The van der Waals surface area contributed by atoms with E-state index < -0.39 is 6.36 Å². The highest BCUT2D eigenvalue weighted by molar-refractivity contribution is 5.34. The van der Waals surface area contributed by atoms with Gasteiger partial charge in [0, 0.05) is 0 Å². The van der Waals surface area contributed by atoms with Crippen molar-refractivity contribution in [2.45, 2.75) is 25.6 Å². The third kappa shape index (κ3) is 7.32. The largest absolute Gasteiger partial charge is 0.522 e. The Labute approximate surface area is 109 Å². The molecule has 1 aromatic carbocycles. The molecule has 6 heteroatoms. The number of nitrogens with zero attached hydrogens (tertiary/aromatic N) is 1. The zero-order valence-electron chi connectivity index (χ0n) is 10.2. The van der Waals surface area contributed by atoms with E-state index in [0.717, 1.165) is 0 Å². The van der Waals surface area contributed by atoms with Crippen molar-refractivity contribution in [3.63, 3.8) is 0 Å². The molecule has 0 bridgehead atoms. The maximum absolute atomic E-state index is 11.6. The Balaban J connectivity index is 2.06. The van der Waals surface area contributed by atoms with Crippen molar-refractivity contribution in [2.75, 3.05) is 13.2 Å². The molecule has 0 amide bonds. The minimum Gasteiger partial charge on any atom is -0.494 e. The Hall–Kier alpha value is -1.74. The lowest BCUT2D eigenvalue weighted by atomic mass is 10.2. The zero-order chi connectivity index (χ0) is 14.1. The van der Waals surface area contributed by atoms with Gasteiger partial charge in [-0.15, -0.1) is 13.2 Å². The summed E-state index contributed by atoms with van der Waals surface area (Å²) in [4.78, 5) is 0. The first kappa shape index (κ1) is 15.3. The highest BCUT2D eigenvalue weighted by Crippen LogP contribution is 2.17. The highest BCUT2D eigenvalue weighted by Gasteiger charge is 2.28. The average molecular weight is 273 g/mol. The van der Waals surface area contributed by atoms with Gasteiger partial charge in [0.1, 0.15) is 5.75 Å². The number of benzene rings is 1. The third-order valence-electron chi connectivity index (χ3n) is 2.31. The van der Waals surface area contributed by atoms with Crippen LogP contribution in [0.3, 0.4) is 0 Å². The first-order chi connectivity index (χ1) is 9.01. The molecule has 0 aliphatic rings. The van der Waals surface area contributed by atoms with Crippen molar-refractivity contribution in [2.24, 2.45) is 0 Å². The second-order valence-corrected chi connectivity index (χ2v) is 3.84. The molecule has 104 valence electrons. The van der Waals surface area contributed by atoms with Crippen LogP contribution in [0.5, 0.6) is 5.75 Å². The number of hydrogen-bond donors (Lipinski definition) is 0. The fourth-order valence-corrected chi connectivity index (χ4v) is 1.38. The summed E-state index contributed by atoms with van der Waals surface area (Å²) in [6.45, 7) is 0.109. The minimum absolute atomic E-state index is 0.319. The first-order valence-corrected chi connectivity index (χ1v) is 5.85.